The predicted octanol–water partition coefficient (Wildman–Crippen LogP) is 3.44. The van der Waals surface area contributed by atoms with Crippen molar-refractivity contribution in [1.82, 2.24) is 0 Å². The quantitative estimate of drug-likeness (QED) is 0.452. The fourth-order valence-corrected chi connectivity index (χ4v) is 2.44. The SMILES string of the molecule is CC1=CC(=O)C(CCCCCc2ccccc2)C(=O)O1. The van der Waals surface area contributed by atoms with Crippen molar-refractivity contribution in [2.45, 2.75) is 39.0 Å². The Morgan fingerprint density at radius 2 is 1.80 bits per heavy atom. The second-order valence-electron chi connectivity index (χ2n) is 5.22. The molecule has 0 aromatic heterocycles. The lowest BCUT2D eigenvalue weighted by Crippen LogP contribution is -2.28. The summed E-state index contributed by atoms with van der Waals surface area (Å²) < 4.78 is 5.00. The summed E-state index contributed by atoms with van der Waals surface area (Å²) in [5.41, 5.74) is 1.33. The molecule has 1 aliphatic rings. The molecule has 3 heteroatoms. The van der Waals surface area contributed by atoms with Gasteiger partial charge in [-0.15, -0.1) is 0 Å². The summed E-state index contributed by atoms with van der Waals surface area (Å²) in [6.07, 6.45) is 6.05. The van der Waals surface area contributed by atoms with Crippen molar-refractivity contribution in [2.24, 2.45) is 5.92 Å². The Kier molecular flexibility index (Phi) is 5.10. The van der Waals surface area contributed by atoms with E-state index in [0.29, 0.717) is 12.2 Å². The number of esters is 1. The van der Waals surface area contributed by atoms with E-state index in [1.807, 2.05) is 18.2 Å². The molecule has 1 heterocycles. The number of benzene rings is 1. The van der Waals surface area contributed by atoms with Crippen LogP contribution in [0, 0.1) is 5.92 Å². The molecule has 0 saturated heterocycles. The van der Waals surface area contributed by atoms with Crippen LogP contribution < -0.4 is 0 Å². The second kappa shape index (κ2) is 7.04. The van der Waals surface area contributed by atoms with Crippen molar-refractivity contribution < 1.29 is 14.3 Å². The van der Waals surface area contributed by atoms with Gasteiger partial charge in [0.15, 0.2) is 5.78 Å². The first-order valence-electron chi connectivity index (χ1n) is 7.14. The van der Waals surface area contributed by atoms with Crippen molar-refractivity contribution in [3.8, 4) is 0 Å². The van der Waals surface area contributed by atoms with Crippen LogP contribution in [-0.2, 0) is 20.7 Å². The lowest BCUT2D eigenvalue weighted by atomic mass is 9.94. The summed E-state index contributed by atoms with van der Waals surface area (Å²) in [4.78, 5) is 23.3. The maximum Gasteiger partial charge on any atom is 0.321 e. The molecule has 1 atom stereocenters. The number of hydrogen-bond donors (Lipinski definition) is 0. The minimum atomic E-state index is -0.588. The molecule has 0 aliphatic carbocycles. The number of aryl methyl sites for hydroxylation is 1. The molecule has 20 heavy (non-hydrogen) atoms. The molecule has 0 saturated carbocycles. The minimum absolute atomic E-state index is 0.109. The van der Waals surface area contributed by atoms with E-state index in [1.165, 1.54) is 11.6 Å². The number of carbonyl (C=O) groups is 2. The number of ether oxygens (including phenoxy) is 1. The summed E-state index contributed by atoms with van der Waals surface area (Å²) in [7, 11) is 0. The lowest BCUT2D eigenvalue weighted by molar-refractivity contribution is -0.149. The smallest absolute Gasteiger partial charge is 0.321 e. The normalized spacial score (nSPS) is 18.6. The Morgan fingerprint density at radius 3 is 2.50 bits per heavy atom. The second-order valence-corrected chi connectivity index (χ2v) is 5.22. The largest absolute Gasteiger partial charge is 0.431 e. The molecule has 0 spiro atoms. The molecule has 1 aliphatic heterocycles. The van der Waals surface area contributed by atoms with Gasteiger partial charge >= 0.3 is 5.97 Å². The maximum absolute atomic E-state index is 11.7. The number of allylic oxidation sites excluding steroid dienone is 2. The summed E-state index contributed by atoms with van der Waals surface area (Å²) in [6, 6.07) is 10.3. The van der Waals surface area contributed by atoms with E-state index >= 15 is 0 Å². The van der Waals surface area contributed by atoms with Crippen LogP contribution in [-0.4, -0.2) is 11.8 Å². The van der Waals surface area contributed by atoms with E-state index in [1.54, 1.807) is 6.92 Å². The minimum Gasteiger partial charge on any atom is -0.431 e. The highest BCUT2D eigenvalue weighted by Crippen LogP contribution is 2.20. The van der Waals surface area contributed by atoms with Crippen LogP contribution in [0.1, 0.15) is 38.2 Å². The number of carbonyl (C=O) groups excluding carboxylic acids is 2. The fourth-order valence-electron chi connectivity index (χ4n) is 2.44. The molecule has 0 bridgehead atoms. The van der Waals surface area contributed by atoms with Gasteiger partial charge < -0.3 is 4.74 Å². The van der Waals surface area contributed by atoms with Crippen molar-refractivity contribution in [1.29, 1.82) is 0 Å². The Morgan fingerprint density at radius 1 is 1.05 bits per heavy atom. The first-order valence-corrected chi connectivity index (χ1v) is 7.14. The van der Waals surface area contributed by atoms with Crippen LogP contribution in [0.3, 0.4) is 0 Å². The van der Waals surface area contributed by atoms with Gasteiger partial charge in [-0.1, -0.05) is 43.2 Å². The van der Waals surface area contributed by atoms with Crippen molar-refractivity contribution >= 4 is 11.8 Å². The van der Waals surface area contributed by atoms with Gasteiger partial charge in [-0.2, -0.15) is 0 Å². The van der Waals surface area contributed by atoms with Crippen LogP contribution in [0.2, 0.25) is 0 Å². The van der Waals surface area contributed by atoms with Gasteiger partial charge in [0.05, 0.1) is 0 Å². The maximum atomic E-state index is 11.7. The third-order valence-corrected chi connectivity index (χ3v) is 3.54. The van der Waals surface area contributed by atoms with Gasteiger partial charge in [-0.05, 0) is 31.7 Å². The molecule has 3 nitrogen and oxygen atoms in total. The van der Waals surface area contributed by atoms with E-state index in [0.717, 1.165) is 25.7 Å². The van der Waals surface area contributed by atoms with Crippen LogP contribution in [0.4, 0.5) is 0 Å². The van der Waals surface area contributed by atoms with E-state index < -0.39 is 11.9 Å². The van der Waals surface area contributed by atoms with Gasteiger partial charge in [0.25, 0.3) is 0 Å². The summed E-state index contributed by atoms with van der Waals surface area (Å²) in [5, 5.41) is 0. The molecule has 0 radical (unpaired) electrons. The van der Waals surface area contributed by atoms with Gasteiger partial charge in [-0.25, -0.2) is 0 Å². The van der Waals surface area contributed by atoms with Gasteiger partial charge in [-0.3, -0.25) is 9.59 Å². The van der Waals surface area contributed by atoms with E-state index in [-0.39, 0.29) is 5.78 Å². The Hall–Kier alpha value is -1.90. The van der Waals surface area contributed by atoms with Crippen molar-refractivity contribution in [3.05, 3.63) is 47.7 Å². The molecular formula is C17H20O3. The number of hydrogen-bond acceptors (Lipinski definition) is 3. The summed E-state index contributed by atoms with van der Waals surface area (Å²) >= 11 is 0. The average Bonchev–Trinajstić information content (AvgIpc) is 2.42. The van der Waals surface area contributed by atoms with Crippen LogP contribution >= 0.6 is 0 Å². The lowest BCUT2D eigenvalue weighted by Gasteiger charge is -2.17. The number of ketones is 1. The van der Waals surface area contributed by atoms with Crippen LogP contribution in [0.15, 0.2) is 42.2 Å². The van der Waals surface area contributed by atoms with Gasteiger partial charge in [0.1, 0.15) is 11.7 Å². The molecule has 1 aromatic carbocycles. The van der Waals surface area contributed by atoms with Crippen LogP contribution in [0.5, 0.6) is 0 Å². The monoisotopic (exact) mass is 272 g/mol. The third kappa shape index (κ3) is 4.05. The molecular weight excluding hydrogens is 252 g/mol. The zero-order valence-corrected chi connectivity index (χ0v) is 11.8. The van der Waals surface area contributed by atoms with Crippen molar-refractivity contribution in [3.63, 3.8) is 0 Å². The Balaban J connectivity index is 1.69. The van der Waals surface area contributed by atoms with E-state index in [9.17, 15) is 9.59 Å². The van der Waals surface area contributed by atoms with Crippen molar-refractivity contribution in [2.75, 3.05) is 0 Å². The zero-order valence-electron chi connectivity index (χ0n) is 11.8. The molecule has 0 amide bonds. The molecule has 2 rings (SSSR count). The van der Waals surface area contributed by atoms with Crippen LogP contribution in [0.25, 0.3) is 0 Å². The topological polar surface area (TPSA) is 43.4 Å². The van der Waals surface area contributed by atoms with Gasteiger partial charge in [0.2, 0.25) is 0 Å². The number of unbranched alkanes of at least 4 members (excludes halogenated alkanes) is 2. The number of cyclic esters (lactones) is 1. The molecule has 0 fully saturated rings. The molecule has 106 valence electrons. The van der Waals surface area contributed by atoms with E-state index in [2.05, 4.69) is 12.1 Å². The molecule has 0 N–H and O–H groups in total. The molecule has 1 unspecified atom stereocenters. The first kappa shape index (κ1) is 14.5. The Bertz CT molecular complexity index is 502. The standard InChI is InChI=1S/C17H20O3/c1-13-12-16(18)15(17(19)20-13)11-7-3-6-10-14-8-4-2-5-9-14/h2,4-5,8-9,12,15H,3,6-7,10-11H2,1H3. The highest BCUT2D eigenvalue weighted by Gasteiger charge is 2.30. The highest BCUT2D eigenvalue weighted by molar-refractivity contribution is 6.07. The average molecular weight is 272 g/mol. The highest BCUT2D eigenvalue weighted by atomic mass is 16.5. The van der Waals surface area contributed by atoms with Gasteiger partial charge in [0, 0.05) is 6.08 Å². The first-order chi connectivity index (χ1) is 9.66. The third-order valence-electron chi connectivity index (χ3n) is 3.54. The summed E-state index contributed by atoms with van der Waals surface area (Å²) in [5.74, 6) is -0.685. The predicted molar refractivity (Wildman–Crippen MR) is 77.0 cm³/mol. The Labute approximate surface area is 119 Å². The van der Waals surface area contributed by atoms with E-state index in [4.69, 9.17) is 4.74 Å². The molecule has 1 aromatic rings. The number of rotatable bonds is 6. The zero-order chi connectivity index (χ0) is 14.4. The summed E-state index contributed by atoms with van der Waals surface area (Å²) in [6.45, 7) is 1.63. The fraction of sp³-hybridized carbons (Fsp3) is 0.412.